The molecule has 0 aliphatic heterocycles. The SMILES string of the molecule is C#CCOCC(O)COC(C)(C)C=C.O=P(O)(F)F. The molecule has 0 amide bonds. The Morgan fingerprint density at radius 1 is 1.53 bits per heavy atom. The van der Waals surface area contributed by atoms with E-state index in [0.717, 1.165) is 0 Å². The Kier molecular flexibility index (Phi) is 10.9. The lowest BCUT2D eigenvalue weighted by Gasteiger charge is -2.22. The van der Waals surface area contributed by atoms with Crippen molar-refractivity contribution in [3.05, 3.63) is 12.7 Å². The van der Waals surface area contributed by atoms with Crippen LogP contribution in [0.4, 0.5) is 8.39 Å². The highest BCUT2D eigenvalue weighted by Crippen LogP contribution is 2.43. The summed E-state index contributed by atoms with van der Waals surface area (Å²) in [6.07, 6.45) is 6.01. The van der Waals surface area contributed by atoms with Gasteiger partial charge in [0.25, 0.3) is 0 Å². The van der Waals surface area contributed by atoms with Crippen molar-refractivity contribution in [2.24, 2.45) is 0 Å². The van der Waals surface area contributed by atoms with Crippen LogP contribution in [0.15, 0.2) is 12.7 Å². The van der Waals surface area contributed by atoms with Crippen LogP contribution >= 0.6 is 7.99 Å². The third-order valence-electron chi connectivity index (χ3n) is 1.63. The molecule has 0 radical (unpaired) electrons. The van der Waals surface area contributed by atoms with E-state index in [-0.39, 0.29) is 19.8 Å². The second kappa shape index (κ2) is 10.1. The van der Waals surface area contributed by atoms with E-state index in [0.29, 0.717) is 0 Å². The highest BCUT2D eigenvalue weighted by molar-refractivity contribution is 7.46. The molecule has 0 bridgehead atoms. The molecule has 0 spiro atoms. The fraction of sp³-hybridized carbons (Fsp3) is 0.636. The topological polar surface area (TPSA) is 76.0 Å². The van der Waals surface area contributed by atoms with Crippen LogP contribution in [0.5, 0.6) is 0 Å². The molecule has 0 aromatic rings. The number of aliphatic hydroxyl groups is 1. The molecular weight excluding hydrogens is 281 g/mol. The molecule has 0 saturated heterocycles. The number of hydrogen-bond donors (Lipinski definition) is 2. The first kappa shape index (κ1) is 20.5. The standard InChI is InChI=1S/C11H18O3.F2HO2P/c1-5-7-13-8-10(12)9-14-11(3,4)6-2;1-5(2,3)4/h1,6,10,12H,2,7-9H2,3-4H3;(H,3,4). The van der Waals surface area contributed by atoms with E-state index >= 15 is 0 Å². The van der Waals surface area contributed by atoms with Crippen molar-refractivity contribution in [2.45, 2.75) is 25.6 Å². The van der Waals surface area contributed by atoms with Gasteiger partial charge in [-0.05, 0) is 13.8 Å². The van der Waals surface area contributed by atoms with Crippen LogP contribution in [0.25, 0.3) is 0 Å². The molecule has 0 aliphatic carbocycles. The summed E-state index contributed by atoms with van der Waals surface area (Å²) in [4.78, 5) is 6.74. The maximum atomic E-state index is 10.1. The molecule has 19 heavy (non-hydrogen) atoms. The highest BCUT2D eigenvalue weighted by Gasteiger charge is 2.15. The molecule has 1 unspecified atom stereocenters. The lowest BCUT2D eigenvalue weighted by Crippen LogP contribution is -2.29. The minimum absolute atomic E-state index is 0.192. The Balaban J connectivity index is 0. The summed E-state index contributed by atoms with van der Waals surface area (Å²) >= 11 is 0. The number of halogens is 2. The van der Waals surface area contributed by atoms with E-state index in [2.05, 4.69) is 12.5 Å². The summed E-state index contributed by atoms with van der Waals surface area (Å²) in [5, 5.41) is 9.38. The molecule has 2 N–H and O–H groups in total. The highest BCUT2D eigenvalue weighted by atomic mass is 31.2. The Morgan fingerprint density at radius 3 is 2.37 bits per heavy atom. The van der Waals surface area contributed by atoms with Gasteiger partial charge in [0.05, 0.1) is 18.8 Å². The van der Waals surface area contributed by atoms with Crippen LogP contribution in [0.1, 0.15) is 13.8 Å². The van der Waals surface area contributed by atoms with E-state index in [4.69, 9.17) is 25.4 Å². The van der Waals surface area contributed by atoms with Crippen LogP contribution in [-0.2, 0) is 14.0 Å². The molecule has 0 saturated carbocycles. The average molecular weight is 300 g/mol. The van der Waals surface area contributed by atoms with Gasteiger partial charge >= 0.3 is 7.99 Å². The quantitative estimate of drug-likeness (QED) is 0.325. The van der Waals surface area contributed by atoms with Crippen molar-refractivity contribution in [3.63, 3.8) is 0 Å². The zero-order chi connectivity index (χ0) is 15.5. The van der Waals surface area contributed by atoms with E-state index in [9.17, 15) is 13.5 Å². The summed E-state index contributed by atoms with van der Waals surface area (Å²) in [6, 6.07) is 0. The molecular formula is C11H19F2O5P. The van der Waals surface area contributed by atoms with Gasteiger partial charge in [-0.25, -0.2) is 4.57 Å². The number of aliphatic hydroxyl groups excluding tert-OH is 1. The normalized spacial score (nSPS) is 12.9. The molecule has 1 atom stereocenters. The molecule has 112 valence electrons. The number of rotatable bonds is 7. The Bertz CT molecular complexity index is 326. The van der Waals surface area contributed by atoms with Crippen LogP contribution in [0.2, 0.25) is 0 Å². The van der Waals surface area contributed by atoms with Crippen molar-refractivity contribution < 1.29 is 32.4 Å². The Hall–Kier alpha value is -0.770. The smallest absolute Gasteiger partial charge is 0.388 e. The molecule has 0 aliphatic rings. The average Bonchev–Trinajstić information content (AvgIpc) is 2.25. The van der Waals surface area contributed by atoms with Crippen molar-refractivity contribution >= 4 is 7.99 Å². The van der Waals surface area contributed by atoms with Gasteiger partial charge in [-0.2, -0.15) is 0 Å². The molecule has 0 heterocycles. The van der Waals surface area contributed by atoms with Gasteiger partial charge in [-0.1, -0.05) is 12.0 Å². The number of hydrogen-bond acceptors (Lipinski definition) is 4. The summed E-state index contributed by atoms with van der Waals surface area (Å²) in [6.45, 7) is 7.98. The third kappa shape index (κ3) is 22.8. The van der Waals surface area contributed by atoms with Gasteiger partial charge in [0, 0.05) is 0 Å². The zero-order valence-electron chi connectivity index (χ0n) is 10.9. The Labute approximate surface area is 111 Å². The monoisotopic (exact) mass is 300 g/mol. The van der Waals surface area contributed by atoms with E-state index in [1.54, 1.807) is 6.08 Å². The first-order chi connectivity index (χ1) is 8.52. The number of ether oxygens (including phenoxy) is 2. The van der Waals surface area contributed by atoms with Gasteiger partial charge in [0.15, 0.2) is 0 Å². The summed E-state index contributed by atoms with van der Waals surface area (Å²) in [7, 11) is -5.64. The number of terminal acetylenes is 1. The second-order valence-corrected chi connectivity index (χ2v) is 4.80. The van der Waals surface area contributed by atoms with E-state index in [1.807, 2.05) is 13.8 Å². The van der Waals surface area contributed by atoms with Gasteiger partial charge in [-0.15, -0.1) is 21.4 Å². The predicted octanol–water partition coefficient (Wildman–Crippen LogP) is 2.00. The molecule has 8 heteroatoms. The van der Waals surface area contributed by atoms with E-state index in [1.165, 1.54) is 0 Å². The fourth-order valence-electron chi connectivity index (χ4n) is 0.672. The van der Waals surface area contributed by atoms with Crippen LogP contribution in [0.3, 0.4) is 0 Å². The van der Waals surface area contributed by atoms with Crippen molar-refractivity contribution in [2.75, 3.05) is 19.8 Å². The summed E-state index contributed by atoms with van der Waals surface area (Å²) < 4.78 is 39.0. The van der Waals surface area contributed by atoms with Gasteiger partial charge in [0.1, 0.15) is 12.7 Å². The van der Waals surface area contributed by atoms with Crippen LogP contribution < -0.4 is 0 Å². The largest absolute Gasteiger partial charge is 0.549 e. The maximum absolute atomic E-state index is 10.1. The fourth-order valence-corrected chi connectivity index (χ4v) is 0.672. The third-order valence-corrected chi connectivity index (χ3v) is 1.63. The zero-order valence-corrected chi connectivity index (χ0v) is 11.8. The van der Waals surface area contributed by atoms with Crippen molar-refractivity contribution in [3.8, 4) is 12.3 Å². The molecule has 5 nitrogen and oxygen atoms in total. The molecule has 0 aromatic heterocycles. The van der Waals surface area contributed by atoms with Crippen molar-refractivity contribution in [1.82, 2.24) is 0 Å². The Morgan fingerprint density at radius 2 is 2.00 bits per heavy atom. The maximum Gasteiger partial charge on any atom is 0.549 e. The predicted molar refractivity (Wildman–Crippen MR) is 67.9 cm³/mol. The first-order valence-corrected chi connectivity index (χ1v) is 6.65. The van der Waals surface area contributed by atoms with Crippen LogP contribution in [-0.4, -0.2) is 41.5 Å². The van der Waals surface area contributed by atoms with E-state index < -0.39 is 19.7 Å². The molecule has 0 fully saturated rings. The minimum atomic E-state index is -5.64. The lowest BCUT2D eigenvalue weighted by atomic mass is 10.1. The summed E-state index contributed by atoms with van der Waals surface area (Å²) in [5.74, 6) is 2.32. The summed E-state index contributed by atoms with van der Waals surface area (Å²) in [5.41, 5.74) is -0.424. The minimum Gasteiger partial charge on any atom is -0.388 e. The molecule has 0 rings (SSSR count). The van der Waals surface area contributed by atoms with Gasteiger partial charge < -0.3 is 14.6 Å². The first-order valence-electron chi connectivity index (χ1n) is 5.20. The lowest BCUT2D eigenvalue weighted by molar-refractivity contribution is -0.0566. The van der Waals surface area contributed by atoms with Crippen LogP contribution in [0, 0.1) is 12.3 Å². The second-order valence-electron chi connectivity index (χ2n) is 3.93. The van der Waals surface area contributed by atoms with Crippen molar-refractivity contribution in [1.29, 1.82) is 0 Å². The van der Waals surface area contributed by atoms with Gasteiger partial charge in [-0.3, -0.25) is 4.89 Å². The van der Waals surface area contributed by atoms with Gasteiger partial charge in [0.2, 0.25) is 0 Å². The molecule has 0 aromatic carbocycles.